The van der Waals surface area contributed by atoms with Crippen LogP contribution in [-0.4, -0.2) is 0 Å². The highest BCUT2D eigenvalue weighted by Gasteiger charge is 2.57. The third kappa shape index (κ3) is 3.12. The van der Waals surface area contributed by atoms with Crippen LogP contribution in [0.5, 0.6) is 0 Å². The molecule has 0 aromatic heterocycles. The molecule has 0 N–H and O–H groups in total. The standard InChI is InChI=1S/C27H40/c1-19(2)9-8-10-20(3)23-14-15-24-22-13-12-21-11-6-7-17-26(21,4)25(22)16-18-27(23,24)5/h8-10,14,21-22,24-25H,1,6-7,11-13,15-18H2,2-5H3/t21?,22-,24-,25-,26-,27+/m0/s1. The second kappa shape index (κ2) is 7.09. The van der Waals surface area contributed by atoms with Gasteiger partial charge in [0.25, 0.3) is 0 Å². The second-order valence-corrected chi connectivity index (χ2v) is 10.8. The molecule has 27 heavy (non-hydrogen) atoms. The van der Waals surface area contributed by atoms with Gasteiger partial charge in [0.2, 0.25) is 0 Å². The van der Waals surface area contributed by atoms with Gasteiger partial charge in [-0.2, -0.15) is 0 Å². The highest BCUT2D eigenvalue weighted by Crippen LogP contribution is 2.66. The Bertz CT molecular complexity index is 689. The fourth-order valence-corrected chi connectivity index (χ4v) is 7.92. The Morgan fingerprint density at radius 3 is 2.63 bits per heavy atom. The van der Waals surface area contributed by atoms with Gasteiger partial charge in [0.1, 0.15) is 0 Å². The number of hydrogen-bond donors (Lipinski definition) is 0. The smallest absolute Gasteiger partial charge is 0.00418 e. The van der Waals surface area contributed by atoms with E-state index in [0.717, 1.165) is 29.2 Å². The third-order valence-corrected chi connectivity index (χ3v) is 9.32. The molecule has 4 rings (SSSR count). The summed E-state index contributed by atoms with van der Waals surface area (Å²) in [4.78, 5) is 0. The molecule has 0 heteroatoms. The number of rotatable bonds is 3. The molecule has 0 heterocycles. The number of allylic oxidation sites excluding steroid dienone is 7. The average molecular weight is 365 g/mol. The van der Waals surface area contributed by atoms with Crippen molar-refractivity contribution in [1.82, 2.24) is 0 Å². The SMILES string of the molecule is C=C(C)C=CC=C(C)C1=CC[C@H]2[C@@H]3CCC4CCCC[C@]4(C)[C@H]3CC[C@]12C. The first-order valence-corrected chi connectivity index (χ1v) is 11.6. The van der Waals surface area contributed by atoms with E-state index in [4.69, 9.17) is 0 Å². The van der Waals surface area contributed by atoms with Crippen molar-refractivity contribution in [2.45, 2.75) is 85.5 Å². The molecule has 0 aliphatic heterocycles. The van der Waals surface area contributed by atoms with Crippen LogP contribution in [-0.2, 0) is 0 Å². The quantitative estimate of drug-likeness (QED) is 0.444. The van der Waals surface area contributed by atoms with Gasteiger partial charge in [0, 0.05) is 0 Å². The first kappa shape index (κ1) is 19.3. The molecule has 6 atom stereocenters. The van der Waals surface area contributed by atoms with Crippen LogP contribution >= 0.6 is 0 Å². The van der Waals surface area contributed by atoms with Crippen molar-refractivity contribution < 1.29 is 0 Å². The molecule has 0 bridgehead atoms. The Hall–Kier alpha value is -1.04. The number of fused-ring (bicyclic) bond motifs is 5. The minimum Gasteiger partial charge on any atom is -0.0961 e. The molecule has 148 valence electrons. The van der Waals surface area contributed by atoms with Crippen LogP contribution in [0.15, 0.2) is 47.6 Å². The summed E-state index contributed by atoms with van der Waals surface area (Å²) >= 11 is 0. The highest BCUT2D eigenvalue weighted by atomic mass is 14.6. The van der Waals surface area contributed by atoms with Crippen molar-refractivity contribution in [3.63, 3.8) is 0 Å². The zero-order valence-corrected chi connectivity index (χ0v) is 18.2. The van der Waals surface area contributed by atoms with Crippen molar-refractivity contribution in [3.05, 3.63) is 47.6 Å². The molecule has 0 aromatic rings. The first-order chi connectivity index (χ1) is 12.9. The van der Waals surface area contributed by atoms with Gasteiger partial charge in [-0.25, -0.2) is 0 Å². The first-order valence-electron chi connectivity index (χ1n) is 11.6. The van der Waals surface area contributed by atoms with Crippen molar-refractivity contribution in [2.75, 3.05) is 0 Å². The maximum absolute atomic E-state index is 3.98. The molecule has 0 saturated heterocycles. The van der Waals surface area contributed by atoms with Crippen molar-refractivity contribution in [2.24, 2.45) is 34.5 Å². The van der Waals surface area contributed by atoms with E-state index >= 15 is 0 Å². The minimum absolute atomic E-state index is 0.413. The highest BCUT2D eigenvalue weighted by molar-refractivity contribution is 5.42. The summed E-state index contributed by atoms with van der Waals surface area (Å²) in [5.41, 5.74) is 5.33. The lowest BCUT2D eigenvalue weighted by Gasteiger charge is -2.60. The predicted molar refractivity (Wildman–Crippen MR) is 118 cm³/mol. The fourth-order valence-electron chi connectivity index (χ4n) is 7.92. The van der Waals surface area contributed by atoms with Gasteiger partial charge in [-0.3, -0.25) is 0 Å². The molecule has 0 radical (unpaired) electrons. The molecule has 0 spiro atoms. The van der Waals surface area contributed by atoms with E-state index < -0.39 is 0 Å². The van der Waals surface area contributed by atoms with Gasteiger partial charge >= 0.3 is 0 Å². The zero-order chi connectivity index (χ0) is 19.2. The molecule has 0 amide bonds. The summed E-state index contributed by atoms with van der Waals surface area (Å²) in [6.45, 7) is 13.7. The van der Waals surface area contributed by atoms with E-state index in [-0.39, 0.29) is 0 Å². The molecule has 3 fully saturated rings. The maximum Gasteiger partial charge on any atom is -0.00418 e. The lowest BCUT2D eigenvalue weighted by Crippen LogP contribution is -2.52. The Labute approximate surface area is 167 Å². The van der Waals surface area contributed by atoms with Gasteiger partial charge in [-0.1, -0.05) is 63.1 Å². The van der Waals surface area contributed by atoms with Crippen LogP contribution in [0.25, 0.3) is 0 Å². The normalized spacial score (nSPS) is 44.4. The molecular formula is C27H40. The fraction of sp³-hybridized carbons (Fsp3) is 0.704. The molecular weight excluding hydrogens is 324 g/mol. The molecule has 4 aliphatic carbocycles. The minimum atomic E-state index is 0.413. The average Bonchev–Trinajstić information content (AvgIpc) is 2.98. The monoisotopic (exact) mass is 364 g/mol. The lowest BCUT2D eigenvalue weighted by atomic mass is 9.45. The molecule has 3 saturated carbocycles. The topological polar surface area (TPSA) is 0 Å². The second-order valence-electron chi connectivity index (χ2n) is 10.8. The van der Waals surface area contributed by atoms with E-state index in [1.54, 1.807) is 5.57 Å². The van der Waals surface area contributed by atoms with Crippen molar-refractivity contribution in [1.29, 1.82) is 0 Å². The van der Waals surface area contributed by atoms with Crippen LogP contribution in [0.2, 0.25) is 0 Å². The summed E-state index contributed by atoms with van der Waals surface area (Å²) in [6, 6.07) is 0. The van der Waals surface area contributed by atoms with Crippen molar-refractivity contribution in [3.8, 4) is 0 Å². The molecule has 0 nitrogen and oxygen atoms in total. The molecule has 1 unspecified atom stereocenters. The van der Waals surface area contributed by atoms with Gasteiger partial charge in [-0.05, 0) is 104 Å². The Balaban J connectivity index is 1.56. The lowest BCUT2D eigenvalue weighted by molar-refractivity contribution is -0.0984. The van der Waals surface area contributed by atoms with E-state index in [9.17, 15) is 0 Å². The van der Waals surface area contributed by atoms with Gasteiger partial charge < -0.3 is 0 Å². The van der Waals surface area contributed by atoms with Gasteiger partial charge in [0.05, 0.1) is 0 Å². The summed E-state index contributed by atoms with van der Waals surface area (Å²) in [7, 11) is 0. The summed E-state index contributed by atoms with van der Waals surface area (Å²) in [5, 5.41) is 0. The van der Waals surface area contributed by atoms with Crippen molar-refractivity contribution >= 4 is 0 Å². The van der Waals surface area contributed by atoms with Crippen LogP contribution in [0, 0.1) is 34.5 Å². The summed E-state index contributed by atoms with van der Waals surface area (Å²) in [6.07, 6.45) is 22.5. The van der Waals surface area contributed by atoms with Crippen LogP contribution in [0.4, 0.5) is 0 Å². The largest absolute Gasteiger partial charge is 0.0961 e. The zero-order valence-electron chi connectivity index (χ0n) is 18.2. The third-order valence-electron chi connectivity index (χ3n) is 9.32. The molecule has 4 aliphatic rings. The van der Waals surface area contributed by atoms with Crippen LogP contribution in [0.3, 0.4) is 0 Å². The van der Waals surface area contributed by atoms with E-state index in [2.05, 4.69) is 58.6 Å². The van der Waals surface area contributed by atoms with Crippen LogP contribution in [0.1, 0.15) is 85.5 Å². The maximum atomic E-state index is 3.98. The predicted octanol–water partition coefficient (Wildman–Crippen LogP) is 8.03. The summed E-state index contributed by atoms with van der Waals surface area (Å²) < 4.78 is 0. The Kier molecular flexibility index (Phi) is 5.06. The van der Waals surface area contributed by atoms with Gasteiger partial charge in [0.15, 0.2) is 0 Å². The summed E-state index contributed by atoms with van der Waals surface area (Å²) in [5.74, 6) is 3.88. The van der Waals surface area contributed by atoms with E-state index in [0.29, 0.717) is 10.8 Å². The molecule has 0 aromatic carbocycles. The van der Waals surface area contributed by atoms with Crippen LogP contribution < -0.4 is 0 Å². The Morgan fingerprint density at radius 1 is 1.04 bits per heavy atom. The van der Waals surface area contributed by atoms with E-state index in [1.807, 2.05) is 0 Å². The Morgan fingerprint density at radius 2 is 1.85 bits per heavy atom. The van der Waals surface area contributed by atoms with Gasteiger partial charge in [-0.15, -0.1) is 0 Å². The van der Waals surface area contributed by atoms with E-state index in [1.165, 1.54) is 63.4 Å². The number of hydrogen-bond acceptors (Lipinski definition) is 0.